The third kappa shape index (κ3) is 7.01. The van der Waals surface area contributed by atoms with Crippen LogP contribution in [-0.2, 0) is 9.53 Å². The number of halogens is 1. The van der Waals surface area contributed by atoms with E-state index in [1.807, 2.05) is 6.92 Å². The molecule has 0 aromatic rings. The number of amidine groups is 1. The summed E-state index contributed by atoms with van der Waals surface area (Å²) in [5, 5.41) is -0.235. The van der Waals surface area contributed by atoms with Crippen molar-refractivity contribution in [1.82, 2.24) is 0 Å². The number of hydrogen-bond acceptors (Lipinski definition) is 3. The van der Waals surface area contributed by atoms with E-state index in [1.165, 1.54) is 0 Å². The van der Waals surface area contributed by atoms with E-state index in [2.05, 4.69) is 18.2 Å². The van der Waals surface area contributed by atoms with Crippen LogP contribution in [0, 0.1) is 5.92 Å². The van der Waals surface area contributed by atoms with E-state index in [0.717, 1.165) is 6.42 Å². The summed E-state index contributed by atoms with van der Waals surface area (Å²) in [6, 6.07) is 0. The van der Waals surface area contributed by atoms with Crippen LogP contribution in [0.4, 0.5) is 0 Å². The highest BCUT2D eigenvalue weighted by Gasteiger charge is 2.19. The standard InChI is InChI=1S/C14H23ClN2O2/c1-6-11(8-19-14(18)10(4)5)12(15)7-17-13(16)9(2)3/h11-12H,2,4,6-8H2,1,3,5H3,(H2,16,17). The van der Waals surface area contributed by atoms with E-state index in [4.69, 9.17) is 22.1 Å². The maximum atomic E-state index is 11.3. The van der Waals surface area contributed by atoms with Gasteiger partial charge in [-0.25, -0.2) is 4.79 Å². The van der Waals surface area contributed by atoms with Crippen molar-refractivity contribution in [2.75, 3.05) is 13.2 Å². The predicted octanol–water partition coefficient (Wildman–Crippen LogP) is 2.67. The van der Waals surface area contributed by atoms with Crippen molar-refractivity contribution < 1.29 is 9.53 Å². The van der Waals surface area contributed by atoms with Gasteiger partial charge in [0.25, 0.3) is 0 Å². The van der Waals surface area contributed by atoms with Gasteiger partial charge < -0.3 is 10.5 Å². The zero-order chi connectivity index (χ0) is 15.0. The fraction of sp³-hybridized carbons (Fsp3) is 0.571. The SMILES string of the molecule is C=C(C)C(=O)OCC(CC)C(Cl)CN=C(N)C(=C)C. The third-order valence-electron chi connectivity index (χ3n) is 2.69. The molecule has 2 atom stereocenters. The van der Waals surface area contributed by atoms with Gasteiger partial charge >= 0.3 is 5.97 Å². The van der Waals surface area contributed by atoms with Crippen molar-refractivity contribution in [2.45, 2.75) is 32.6 Å². The van der Waals surface area contributed by atoms with Crippen LogP contribution in [0.15, 0.2) is 29.3 Å². The summed E-state index contributed by atoms with van der Waals surface area (Å²) in [6.45, 7) is 13.2. The van der Waals surface area contributed by atoms with Crippen LogP contribution in [0.25, 0.3) is 0 Å². The molecule has 19 heavy (non-hydrogen) atoms. The zero-order valence-electron chi connectivity index (χ0n) is 11.9. The molecule has 0 fully saturated rings. The molecule has 2 unspecified atom stereocenters. The maximum absolute atomic E-state index is 11.3. The minimum Gasteiger partial charge on any atom is -0.462 e. The van der Waals surface area contributed by atoms with Crippen molar-refractivity contribution in [3.8, 4) is 0 Å². The molecule has 0 aromatic carbocycles. The Hall–Kier alpha value is -1.29. The molecule has 0 amide bonds. The molecule has 0 heterocycles. The van der Waals surface area contributed by atoms with Crippen molar-refractivity contribution in [3.05, 3.63) is 24.3 Å². The van der Waals surface area contributed by atoms with Crippen LogP contribution >= 0.6 is 11.6 Å². The highest BCUT2D eigenvalue weighted by molar-refractivity contribution is 6.21. The van der Waals surface area contributed by atoms with Crippen LogP contribution in [0.1, 0.15) is 27.2 Å². The van der Waals surface area contributed by atoms with Crippen molar-refractivity contribution in [2.24, 2.45) is 16.6 Å². The summed E-state index contributed by atoms with van der Waals surface area (Å²) in [5.74, 6) is 0.0401. The number of carbonyl (C=O) groups excluding carboxylic acids is 1. The molecular formula is C14H23ClN2O2. The first-order valence-electron chi connectivity index (χ1n) is 6.22. The van der Waals surface area contributed by atoms with Gasteiger partial charge in [0, 0.05) is 11.5 Å². The van der Waals surface area contributed by atoms with Gasteiger partial charge in [0.15, 0.2) is 0 Å². The number of nitrogens with two attached hydrogens (primary N) is 1. The number of esters is 1. The highest BCUT2D eigenvalue weighted by atomic mass is 35.5. The van der Waals surface area contributed by atoms with Crippen LogP contribution in [0.5, 0.6) is 0 Å². The summed E-state index contributed by atoms with van der Waals surface area (Å²) in [5.41, 5.74) is 6.76. The second kappa shape index (κ2) is 8.75. The predicted molar refractivity (Wildman–Crippen MR) is 80.5 cm³/mol. The lowest BCUT2D eigenvalue weighted by molar-refractivity contribution is -0.140. The molecule has 0 saturated heterocycles. The monoisotopic (exact) mass is 286 g/mol. The van der Waals surface area contributed by atoms with Crippen molar-refractivity contribution in [1.29, 1.82) is 0 Å². The number of hydrogen-bond donors (Lipinski definition) is 1. The lowest BCUT2D eigenvalue weighted by atomic mass is 10.0. The minimum absolute atomic E-state index is 0.0339. The summed E-state index contributed by atoms with van der Waals surface area (Å²) in [7, 11) is 0. The molecule has 0 rings (SSSR count). The Morgan fingerprint density at radius 1 is 1.37 bits per heavy atom. The lowest BCUT2D eigenvalue weighted by Gasteiger charge is -2.19. The van der Waals surface area contributed by atoms with Crippen LogP contribution in [-0.4, -0.2) is 30.3 Å². The Morgan fingerprint density at radius 3 is 2.37 bits per heavy atom. The number of rotatable bonds is 8. The van der Waals surface area contributed by atoms with Crippen LogP contribution in [0.2, 0.25) is 0 Å². The smallest absolute Gasteiger partial charge is 0.333 e. The first-order chi connectivity index (χ1) is 8.79. The van der Waals surface area contributed by atoms with Gasteiger partial charge in [0.1, 0.15) is 5.84 Å². The van der Waals surface area contributed by atoms with Gasteiger partial charge in [-0.2, -0.15) is 0 Å². The Labute approximate surface area is 120 Å². The molecule has 0 bridgehead atoms. The van der Waals surface area contributed by atoms with E-state index < -0.39 is 5.97 Å². The number of carbonyl (C=O) groups is 1. The molecule has 0 spiro atoms. The minimum atomic E-state index is -0.396. The molecule has 0 saturated carbocycles. The van der Waals surface area contributed by atoms with Gasteiger partial charge in [0.2, 0.25) is 0 Å². The molecular weight excluding hydrogens is 264 g/mol. The van der Waals surface area contributed by atoms with Gasteiger partial charge in [0.05, 0.1) is 18.5 Å². The zero-order valence-corrected chi connectivity index (χ0v) is 12.7. The molecule has 0 aliphatic heterocycles. The third-order valence-corrected chi connectivity index (χ3v) is 3.18. The first-order valence-corrected chi connectivity index (χ1v) is 6.65. The Kier molecular flexibility index (Phi) is 8.16. The van der Waals surface area contributed by atoms with E-state index in [0.29, 0.717) is 23.5 Å². The van der Waals surface area contributed by atoms with E-state index in [-0.39, 0.29) is 17.9 Å². The fourth-order valence-electron chi connectivity index (χ4n) is 1.25. The molecule has 5 heteroatoms. The highest BCUT2D eigenvalue weighted by Crippen LogP contribution is 2.16. The molecule has 0 aliphatic rings. The second-order valence-corrected chi connectivity index (χ2v) is 5.13. The number of aliphatic imine (C=N–C) groups is 1. The van der Waals surface area contributed by atoms with Gasteiger partial charge in [-0.3, -0.25) is 4.99 Å². The summed E-state index contributed by atoms with van der Waals surface area (Å²) < 4.78 is 5.11. The second-order valence-electron chi connectivity index (χ2n) is 4.57. The first kappa shape index (κ1) is 17.7. The summed E-state index contributed by atoms with van der Waals surface area (Å²) in [4.78, 5) is 15.5. The summed E-state index contributed by atoms with van der Waals surface area (Å²) in [6.07, 6.45) is 0.792. The quantitative estimate of drug-likeness (QED) is 0.245. The Morgan fingerprint density at radius 2 is 1.95 bits per heavy atom. The fourth-order valence-corrected chi connectivity index (χ4v) is 1.57. The van der Waals surface area contributed by atoms with Crippen molar-refractivity contribution >= 4 is 23.4 Å². The Bertz CT molecular complexity index is 378. The average molecular weight is 287 g/mol. The number of alkyl halides is 1. The van der Waals surface area contributed by atoms with Gasteiger partial charge in [-0.1, -0.05) is 20.1 Å². The molecule has 4 nitrogen and oxygen atoms in total. The van der Waals surface area contributed by atoms with Gasteiger partial charge in [-0.05, 0) is 25.8 Å². The molecule has 2 N–H and O–H groups in total. The number of nitrogens with zero attached hydrogens (tertiary/aromatic N) is 1. The molecule has 0 aliphatic carbocycles. The molecule has 0 aromatic heterocycles. The van der Waals surface area contributed by atoms with Gasteiger partial charge in [-0.15, -0.1) is 11.6 Å². The molecule has 108 valence electrons. The Balaban J connectivity index is 4.36. The van der Waals surface area contributed by atoms with E-state index in [1.54, 1.807) is 13.8 Å². The molecule has 0 radical (unpaired) electrons. The summed E-state index contributed by atoms with van der Waals surface area (Å²) >= 11 is 6.25. The number of ether oxygens (including phenoxy) is 1. The van der Waals surface area contributed by atoms with Crippen LogP contribution in [0.3, 0.4) is 0 Å². The van der Waals surface area contributed by atoms with E-state index in [9.17, 15) is 4.79 Å². The van der Waals surface area contributed by atoms with Crippen LogP contribution < -0.4 is 5.73 Å². The van der Waals surface area contributed by atoms with Crippen molar-refractivity contribution in [3.63, 3.8) is 0 Å². The normalized spacial score (nSPS) is 14.6. The largest absolute Gasteiger partial charge is 0.462 e. The average Bonchev–Trinajstić information content (AvgIpc) is 2.35. The topological polar surface area (TPSA) is 64.7 Å². The maximum Gasteiger partial charge on any atom is 0.333 e. The van der Waals surface area contributed by atoms with E-state index >= 15 is 0 Å². The lowest BCUT2D eigenvalue weighted by Crippen LogP contribution is -2.25.